The first kappa shape index (κ1) is 14.3. The van der Waals surface area contributed by atoms with Crippen LogP contribution in [0.2, 0.25) is 0 Å². The second kappa shape index (κ2) is 6.41. The number of thiophene rings is 1. The molecule has 0 spiro atoms. The van der Waals surface area contributed by atoms with Crippen molar-refractivity contribution in [2.75, 3.05) is 13.2 Å². The molecule has 1 amide bonds. The smallest absolute Gasteiger partial charge is 0.226 e. The van der Waals surface area contributed by atoms with Gasteiger partial charge in [-0.3, -0.25) is 9.48 Å². The number of aryl methyl sites for hydroxylation is 1. The molecule has 0 radical (unpaired) electrons. The van der Waals surface area contributed by atoms with Crippen LogP contribution < -0.4 is 5.32 Å². The molecule has 3 heterocycles. The summed E-state index contributed by atoms with van der Waals surface area (Å²) >= 11 is 1.72. The molecule has 6 heteroatoms. The van der Waals surface area contributed by atoms with Gasteiger partial charge in [0, 0.05) is 31.3 Å². The van der Waals surface area contributed by atoms with E-state index in [1.54, 1.807) is 22.2 Å². The van der Waals surface area contributed by atoms with Gasteiger partial charge in [0.05, 0.1) is 11.6 Å². The van der Waals surface area contributed by atoms with E-state index in [4.69, 9.17) is 4.74 Å². The zero-order valence-corrected chi connectivity index (χ0v) is 12.8. The number of nitrogens with zero attached hydrogens (tertiary/aromatic N) is 2. The molecule has 1 saturated heterocycles. The summed E-state index contributed by atoms with van der Waals surface area (Å²) in [7, 11) is 1.88. The molecule has 1 aliphatic rings. The van der Waals surface area contributed by atoms with E-state index in [0.29, 0.717) is 13.2 Å². The van der Waals surface area contributed by atoms with Crippen molar-refractivity contribution in [1.82, 2.24) is 15.1 Å². The van der Waals surface area contributed by atoms with Crippen molar-refractivity contribution in [3.8, 4) is 0 Å². The van der Waals surface area contributed by atoms with Gasteiger partial charge >= 0.3 is 0 Å². The molecule has 112 valence electrons. The average molecular weight is 305 g/mol. The molecule has 1 aliphatic heterocycles. The Balaban J connectivity index is 1.57. The fraction of sp³-hybridized carbons (Fsp3) is 0.467. The summed E-state index contributed by atoms with van der Waals surface area (Å²) < 4.78 is 7.52. The minimum absolute atomic E-state index is 0.0789. The Morgan fingerprint density at radius 2 is 2.48 bits per heavy atom. The van der Waals surface area contributed by atoms with Crippen molar-refractivity contribution in [1.29, 1.82) is 0 Å². The van der Waals surface area contributed by atoms with Crippen LogP contribution in [-0.2, 0) is 23.0 Å². The van der Waals surface area contributed by atoms with Crippen molar-refractivity contribution in [2.24, 2.45) is 13.0 Å². The van der Waals surface area contributed by atoms with Crippen molar-refractivity contribution >= 4 is 17.2 Å². The molecule has 2 aromatic heterocycles. The molecule has 21 heavy (non-hydrogen) atoms. The highest BCUT2D eigenvalue weighted by molar-refractivity contribution is 7.09. The Morgan fingerprint density at radius 3 is 3.19 bits per heavy atom. The maximum atomic E-state index is 12.4. The fourth-order valence-electron chi connectivity index (χ4n) is 2.71. The lowest BCUT2D eigenvalue weighted by Gasteiger charge is -2.18. The largest absolute Gasteiger partial charge is 0.371 e. The molecule has 0 bridgehead atoms. The molecule has 3 rings (SSSR count). The van der Waals surface area contributed by atoms with E-state index < -0.39 is 0 Å². The summed E-state index contributed by atoms with van der Waals surface area (Å²) in [5, 5.41) is 9.25. The number of rotatable bonds is 5. The molecule has 1 fully saturated rings. The predicted molar refractivity (Wildman–Crippen MR) is 81.0 cm³/mol. The summed E-state index contributed by atoms with van der Waals surface area (Å²) in [5.74, 6) is -0.0426. The van der Waals surface area contributed by atoms with Crippen LogP contribution in [0.1, 0.15) is 23.1 Å². The lowest BCUT2D eigenvalue weighted by molar-refractivity contribution is -0.126. The standard InChI is InChI=1S/C15H19N3O2S/c1-18-13(5-8-17-18)14-12(6-9-20-14)15(19)16-7-4-11-3-2-10-21-11/h2-3,5,8,10,12,14H,4,6-7,9H2,1H3,(H,16,19)/t12-,14-/m1/s1. The summed E-state index contributed by atoms with van der Waals surface area (Å²) in [5.41, 5.74) is 0.964. The number of carbonyl (C=O) groups excluding carboxylic acids is 1. The van der Waals surface area contributed by atoms with Crippen LogP contribution in [0.3, 0.4) is 0 Å². The number of hydrogen-bond acceptors (Lipinski definition) is 4. The molecular formula is C15H19N3O2S. The zero-order chi connectivity index (χ0) is 14.7. The first-order chi connectivity index (χ1) is 10.3. The monoisotopic (exact) mass is 305 g/mol. The molecule has 0 saturated carbocycles. The van der Waals surface area contributed by atoms with E-state index in [1.165, 1.54) is 4.88 Å². The van der Waals surface area contributed by atoms with Crippen LogP contribution in [0.15, 0.2) is 29.8 Å². The Hall–Kier alpha value is -1.66. The van der Waals surface area contributed by atoms with Gasteiger partial charge in [0.15, 0.2) is 0 Å². The van der Waals surface area contributed by atoms with E-state index in [1.807, 2.05) is 19.2 Å². The number of amides is 1. The van der Waals surface area contributed by atoms with Gasteiger partial charge in [-0.25, -0.2) is 0 Å². The van der Waals surface area contributed by atoms with E-state index in [0.717, 1.165) is 18.5 Å². The molecule has 0 aromatic carbocycles. The average Bonchev–Trinajstić information content (AvgIpc) is 3.18. The Labute approximate surface area is 127 Å². The molecule has 1 N–H and O–H groups in total. The third-order valence-corrected chi connectivity index (χ3v) is 4.77. The summed E-state index contributed by atoms with van der Waals surface area (Å²) in [6.07, 6.45) is 3.20. The third-order valence-electron chi connectivity index (χ3n) is 3.83. The quantitative estimate of drug-likeness (QED) is 0.918. The second-order valence-electron chi connectivity index (χ2n) is 5.19. The molecule has 0 aliphatic carbocycles. The molecule has 2 atom stereocenters. The van der Waals surface area contributed by atoms with Gasteiger partial charge in [0.1, 0.15) is 6.10 Å². The highest BCUT2D eigenvalue weighted by atomic mass is 32.1. The van der Waals surface area contributed by atoms with Crippen LogP contribution in [0, 0.1) is 5.92 Å². The van der Waals surface area contributed by atoms with Crippen LogP contribution >= 0.6 is 11.3 Å². The number of hydrogen-bond donors (Lipinski definition) is 1. The van der Waals surface area contributed by atoms with Gasteiger partial charge in [0.25, 0.3) is 0 Å². The maximum absolute atomic E-state index is 12.4. The van der Waals surface area contributed by atoms with Gasteiger partial charge in [-0.15, -0.1) is 11.3 Å². The van der Waals surface area contributed by atoms with Crippen LogP contribution in [0.25, 0.3) is 0 Å². The van der Waals surface area contributed by atoms with E-state index in [-0.39, 0.29) is 17.9 Å². The fourth-order valence-corrected chi connectivity index (χ4v) is 3.42. The predicted octanol–water partition coefficient (Wildman–Crippen LogP) is 1.92. The van der Waals surface area contributed by atoms with Crippen LogP contribution in [0.5, 0.6) is 0 Å². The Kier molecular flexibility index (Phi) is 4.36. The molecule has 2 aromatic rings. The van der Waals surface area contributed by atoms with Gasteiger partial charge in [-0.2, -0.15) is 5.10 Å². The Bertz CT molecular complexity index is 594. The first-order valence-corrected chi connectivity index (χ1v) is 8.03. The minimum Gasteiger partial charge on any atom is -0.371 e. The topological polar surface area (TPSA) is 56.2 Å². The summed E-state index contributed by atoms with van der Waals surface area (Å²) in [6.45, 7) is 1.30. The minimum atomic E-state index is -0.181. The SMILES string of the molecule is Cn1nccc1[C@@H]1OCC[C@H]1C(=O)NCCc1cccs1. The molecular weight excluding hydrogens is 286 g/mol. The van der Waals surface area contributed by atoms with Crippen LogP contribution in [0.4, 0.5) is 0 Å². The number of ether oxygens (including phenoxy) is 1. The van der Waals surface area contributed by atoms with E-state index in [9.17, 15) is 4.79 Å². The molecule has 5 nitrogen and oxygen atoms in total. The first-order valence-electron chi connectivity index (χ1n) is 7.15. The maximum Gasteiger partial charge on any atom is 0.226 e. The normalized spacial score (nSPS) is 21.6. The highest BCUT2D eigenvalue weighted by Crippen LogP contribution is 2.34. The summed E-state index contributed by atoms with van der Waals surface area (Å²) in [6, 6.07) is 6.04. The summed E-state index contributed by atoms with van der Waals surface area (Å²) in [4.78, 5) is 13.7. The number of carbonyl (C=O) groups is 1. The second-order valence-corrected chi connectivity index (χ2v) is 6.22. The zero-order valence-electron chi connectivity index (χ0n) is 12.0. The highest BCUT2D eigenvalue weighted by Gasteiger charge is 2.36. The van der Waals surface area contributed by atoms with E-state index in [2.05, 4.69) is 21.9 Å². The van der Waals surface area contributed by atoms with Crippen molar-refractivity contribution in [2.45, 2.75) is 18.9 Å². The van der Waals surface area contributed by atoms with Gasteiger partial charge in [-0.05, 0) is 30.4 Å². The van der Waals surface area contributed by atoms with E-state index >= 15 is 0 Å². The Morgan fingerprint density at radius 1 is 1.57 bits per heavy atom. The lowest BCUT2D eigenvalue weighted by atomic mass is 9.98. The van der Waals surface area contributed by atoms with Crippen molar-refractivity contribution in [3.05, 3.63) is 40.3 Å². The number of nitrogens with one attached hydrogen (secondary N) is 1. The van der Waals surface area contributed by atoms with Gasteiger partial charge < -0.3 is 10.1 Å². The van der Waals surface area contributed by atoms with Gasteiger partial charge in [-0.1, -0.05) is 6.07 Å². The van der Waals surface area contributed by atoms with Crippen molar-refractivity contribution < 1.29 is 9.53 Å². The third kappa shape index (κ3) is 3.16. The molecule has 0 unspecified atom stereocenters. The van der Waals surface area contributed by atoms with Crippen LogP contribution in [-0.4, -0.2) is 28.8 Å². The van der Waals surface area contributed by atoms with Crippen molar-refractivity contribution in [3.63, 3.8) is 0 Å². The number of aromatic nitrogens is 2. The lowest BCUT2D eigenvalue weighted by Crippen LogP contribution is -2.34. The van der Waals surface area contributed by atoms with Gasteiger partial charge in [0.2, 0.25) is 5.91 Å².